The maximum absolute atomic E-state index is 3.66. The average molecular weight is 248 g/mol. The van der Waals surface area contributed by atoms with Gasteiger partial charge in [-0.25, -0.2) is 12.1 Å². The predicted octanol–water partition coefficient (Wildman–Crippen LogP) is 4.49. The zero-order chi connectivity index (χ0) is 11.6. The van der Waals surface area contributed by atoms with Crippen molar-refractivity contribution in [3.05, 3.63) is 74.5 Å². The Morgan fingerprint density at radius 3 is 1.19 bits per heavy atom. The van der Waals surface area contributed by atoms with Crippen molar-refractivity contribution in [3.8, 4) is 0 Å². The van der Waals surface area contributed by atoms with Crippen LogP contribution in [0.1, 0.15) is 13.8 Å². The van der Waals surface area contributed by atoms with Crippen molar-refractivity contribution in [2.45, 2.75) is 13.8 Å². The van der Waals surface area contributed by atoms with Gasteiger partial charge < -0.3 is 44.2 Å². The molecule has 0 aliphatic carbocycles. The molecule has 0 amide bonds. The quantitative estimate of drug-likeness (QED) is 0.476. The molecule has 0 aliphatic rings. The van der Waals surface area contributed by atoms with Crippen molar-refractivity contribution in [3.63, 3.8) is 0 Å². The first kappa shape index (κ1) is 17.8. The molecule has 2 aromatic rings. The first-order valence-corrected chi connectivity index (χ1v) is 5.04. The van der Waals surface area contributed by atoms with Crippen LogP contribution in [-0.2, 0) is 21.7 Å². The average Bonchev–Trinajstić information content (AvgIpc) is 2.81. The summed E-state index contributed by atoms with van der Waals surface area (Å²) in [6.45, 7) is 11.2. The molecule has 0 fully saturated rings. The topological polar surface area (TPSA) is 0 Å². The summed E-state index contributed by atoms with van der Waals surface area (Å²) in [5.74, 6) is 0. The van der Waals surface area contributed by atoms with Crippen LogP contribution in [-0.4, -0.2) is 0 Å². The summed E-state index contributed by atoms with van der Waals surface area (Å²) < 4.78 is 0. The Hall–Kier alpha value is -0.586. The van der Waals surface area contributed by atoms with Gasteiger partial charge in [0.1, 0.15) is 0 Å². The van der Waals surface area contributed by atoms with Crippen LogP contribution in [0.15, 0.2) is 60.7 Å². The third-order valence-electron chi connectivity index (χ3n) is 1.11. The zero-order valence-corrected chi connectivity index (χ0v) is 11.7. The van der Waals surface area contributed by atoms with Crippen LogP contribution >= 0.6 is 0 Å². The monoisotopic (exact) mass is 248 g/mol. The van der Waals surface area contributed by atoms with Crippen molar-refractivity contribution >= 4 is 0 Å². The van der Waals surface area contributed by atoms with Gasteiger partial charge in [0, 0.05) is 21.7 Å². The van der Waals surface area contributed by atoms with Gasteiger partial charge in [-0.2, -0.15) is 18.2 Å². The van der Waals surface area contributed by atoms with Gasteiger partial charge >= 0.3 is 0 Å². The molecule has 0 N–H and O–H groups in total. The van der Waals surface area contributed by atoms with E-state index in [4.69, 9.17) is 0 Å². The third-order valence-corrected chi connectivity index (χ3v) is 1.11. The fraction of sp³-hybridized carbons (Fsp3) is 0.200. The van der Waals surface area contributed by atoms with Crippen molar-refractivity contribution in [2.24, 2.45) is 5.41 Å². The van der Waals surface area contributed by atoms with E-state index in [9.17, 15) is 0 Å². The molecule has 0 nitrogen and oxygen atoms in total. The molecule has 0 aliphatic heterocycles. The molecule has 0 spiro atoms. The van der Waals surface area contributed by atoms with E-state index in [1.165, 1.54) is 0 Å². The molecule has 0 atom stereocenters. The summed E-state index contributed by atoms with van der Waals surface area (Å²) in [5.41, 5.74) is 0. The van der Waals surface area contributed by atoms with Crippen molar-refractivity contribution < 1.29 is 21.7 Å². The fourth-order valence-corrected chi connectivity index (χ4v) is 0.642. The Morgan fingerprint density at radius 1 is 0.812 bits per heavy atom. The van der Waals surface area contributed by atoms with E-state index < -0.39 is 0 Å². The van der Waals surface area contributed by atoms with Crippen LogP contribution in [0.2, 0.25) is 0 Å². The molecule has 92 valence electrons. The second-order valence-corrected chi connectivity index (χ2v) is 4.09. The van der Waals surface area contributed by atoms with Crippen LogP contribution in [0.5, 0.6) is 0 Å². The van der Waals surface area contributed by atoms with Crippen molar-refractivity contribution in [2.75, 3.05) is 0 Å². The van der Waals surface area contributed by atoms with Crippen LogP contribution in [0.25, 0.3) is 0 Å². The van der Waals surface area contributed by atoms with E-state index in [2.05, 4.69) is 13.8 Å². The van der Waals surface area contributed by atoms with Gasteiger partial charge in [-0.1, -0.05) is 0 Å². The van der Waals surface area contributed by atoms with E-state index in [0.29, 0.717) is 0 Å². The minimum atomic E-state index is 0. The molecule has 2 aromatic carbocycles. The van der Waals surface area contributed by atoms with Gasteiger partial charge in [0.05, 0.1) is 0 Å². The fourth-order valence-electron chi connectivity index (χ4n) is 0.642. The van der Waals surface area contributed by atoms with Gasteiger partial charge in [0.15, 0.2) is 0 Å². The van der Waals surface area contributed by atoms with E-state index in [0.717, 1.165) is 0 Å². The standard InChI is InChI=1S/2C5H5.C5H10.Ti/c2*1-2-4-5-3-1;1-5(2,3)4;/h2*1-5H;1-2H2,3-4H3;/q-5;-1;-2;. The molecular weight excluding hydrogens is 228 g/mol. The minimum Gasteiger partial charge on any atom is -0.748 e. The maximum Gasteiger partial charge on any atom is 0 e. The van der Waals surface area contributed by atoms with Crippen LogP contribution in [0, 0.1) is 19.3 Å². The van der Waals surface area contributed by atoms with Crippen LogP contribution in [0.3, 0.4) is 0 Å². The predicted molar refractivity (Wildman–Crippen MR) is 68.6 cm³/mol. The Labute approximate surface area is 115 Å². The molecule has 1 heteroatoms. The molecule has 0 saturated carbocycles. The largest absolute Gasteiger partial charge is 0.748 e. The first-order chi connectivity index (χ1) is 7.00. The van der Waals surface area contributed by atoms with Gasteiger partial charge in [0.25, 0.3) is 0 Å². The Morgan fingerprint density at radius 2 is 1.06 bits per heavy atom. The smallest absolute Gasteiger partial charge is 0 e. The minimum absolute atomic E-state index is 0. The second-order valence-electron chi connectivity index (χ2n) is 4.09. The number of hydrogen-bond acceptors (Lipinski definition) is 0. The zero-order valence-electron chi connectivity index (χ0n) is 10.2. The Kier molecular flexibility index (Phi) is 12.1. The molecule has 0 aromatic heterocycles. The number of rotatable bonds is 0. The molecule has 16 heavy (non-hydrogen) atoms. The molecule has 0 unspecified atom stereocenters. The van der Waals surface area contributed by atoms with Gasteiger partial charge in [-0.3, -0.25) is 5.41 Å². The van der Waals surface area contributed by atoms with Gasteiger partial charge in [-0.15, -0.1) is 13.8 Å². The van der Waals surface area contributed by atoms with E-state index >= 15 is 0 Å². The van der Waals surface area contributed by atoms with Crippen molar-refractivity contribution in [1.82, 2.24) is 0 Å². The first-order valence-electron chi connectivity index (χ1n) is 5.04. The maximum atomic E-state index is 3.66. The van der Waals surface area contributed by atoms with Crippen LogP contribution in [0.4, 0.5) is 0 Å². The SMILES string of the molecule is [CH2-]C([CH2-])(C)C.[Ti].[cH-]1[cH-][cH-][cH-][cH-]1.c1cc[cH-]c1. The summed E-state index contributed by atoms with van der Waals surface area (Å²) in [4.78, 5) is 0. The van der Waals surface area contributed by atoms with Gasteiger partial charge in [0.2, 0.25) is 0 Å². The summed E-state index contributed by atoms with van der Waals surface area (Å²) >= 11 is 0. The summed E-state index contributed by atoms with van der Waals surface area (Å²) in [5, 5.41) is 0. The normalized spacial score (nSPS) is 8.75. The Balaban J connectivity index is 0. The van der Waals surface area contributed by atoms with Crippen LogP contribution < -0.4 is 0 Å². The van der Waals surface area contributed by atoms with E-state index in [1.807, 2.05) is 74.5 Å². The molecule has 2 rings (SSSR count). The molecule has 0 radical (unpaired) electrons. The number of hydrogen-bond donors (Lipinski definition) is 0. The summed E-state index contributed by atoms with van der Waals surface area (Å²) in [7, 11) is 0. The molecular formula is C15H20Ti-8. The molecule has 0 saturated heterocycles. The van der Waals surface area contributed by atoms with Gasteiger partial charge in [-0.05, 0) is 0 Å². The third kappa shape index (κ3) is 23.3. The second kappa shape index (κ2) is 10.9. The van der Waals surface area contributed by atoms with Crippen molar-refractivity contribution in [1.29, 1.82) is 0 Å². The summed E-state index contributed by atoms with van der Waals surface area (Å²) in [6.07, 6.45) is 0. The Bertz CT molecular complexity index is 205. The van der Waals surface area contributed by atoms with E-state index in [1.54, 1.807) is 0 Å². The summed E-state index contributed by atoms with van der Waals surface area (Å²) in [6, 6.07) is 20.0. The molecule has 0 bridgehead atoms. The molecule has 0 heterocycles. The van der Waals surface area contributed by atoms with E-state index in [-0.39, 0.29) is 27.1 Å².